The van der Waals surface area contributed by atoms with E-state index in [0.29, 0.717) is 0 Å². The highest BCUT2D eigenvalue weighted by molar-refractivity contribution is 7.16. The van der Waals surface area contributed by atoms with E-state index in [9.17, 15) is 4.79 Å². The fourth-order valence-corrected chi connectivity index (χ4v) is 3.91. The minimum Gasteiger partial charge on any atom is -0.444 e. The fraction of sp³-hybridized carbons (Fsp3) is 0.706. The summed E-state index contributed by atoms with van der Waals surface area (Å²) < 4.78 is 6.32. The summed E-state index contributed by atoms with van der Waals surface area (Å²) >= 11 is 7.59. The molecule has 6 heteroatoms. The van der Waals surface area contributed by atoms with Crippen LogP contribution in [0.1, 0.15) is 57.9 Å². The van der Waals surface area contributed by atoms with Crippen molar-refractivity contribution in [2.24, 2.45) is 0 Å². The minimum absolute atomic E-state index is 0.182. The van der Waals surface area contributed by atoms with E-state index in [4.69, 9.17) is 16.3 Å². The van der Waals surface area contributed by atoms with Gasteiger partial charge in [-0.15, -0.1) is 11.3 Å². The average Bonchev–Trinajstić information content (AvgIpc) is 3.05. The highest BCUT2D eigenvalue weighted by Crippen LogP contribution is 2.27. The molecule has 0 spiro atoms. The highest BCUT2D eigenvalue weighted by Gasteiger charge is 2.31. The predicted molar refractivity (Wildman–Crippen MR) is 96.3 cm³/mol. The van der Waals surface area contributed by atoms with Crippen LogP contribution < -0.4 is 5.32 Å². The van der Waals surface area contributed by atoms with E-state index >= 15 is 0 Å². The van der Waals surface area contributed by atoms with E-state index < -0.39 is 5.60 Å². The van der Waals surface area contributed by atoms with E-state index in [2.05, 4.69) is 18.3 Å². The number of rotatable bonds is 5. The van der Waals surface area contributed by atoms with Crippen molar-refractivity contribution in [3.8, 4) is 0 Å². The van der Waals surface area contributed by atoms with Crippen molar-refractivity contribution in [1.29, 1.82) is 0 Å². The second-order valence-electron chi connectivity index (χ2n) is 7.08. The SMILES string of the molecule is CC(NCCC1CCCN1C(=O)OC(C)(C)C)c1ccc(Cl)s1. The van der Waals surface area contributed by atoms with Crippen LogP contribution in [0.4, 0.5) is 4.79 Å². The molecule has 1 N–H and O–H groups in total. The molecule has 0 aliphatic carbocycles. The maximum Gasteiger partial charge on any atom is 0.410 e. The zero-order valence-electron chi connectivity index (χ0n) is 14.4. The first kappa shape index (κ1) is 18.6. The lowest BCUT2D eigenvalue weighted by molar-refractivity contribution is 0.0220. The Bertz CT molecular complexity index is 527. The number of nitrogens with one attached hydrogen (secondary N) is 1. The van der Waals surface area contributed by atoms with E-state index in [1.807, 2.05) is 31.7 Å². The normalized spacial score (nSPS) is 19.9. The third kappa shape index (κ3) is 5.66. The van der Waals surface area contributed by atoms with Crippen molar-refractivity contribution < 1.29 is 9.53 Å². The van der Waals surface area contributed by atoms with Gasteiger partial charge in [0.05, 0.1) is 4.34 Å². The van der Waals surface area contributed by atoms with Crippen LogP contribution >= 0.6 is 22.9 Å². The number of ether oxygens (including phenoxy) is 1. The molecule has 1 amide bonds. The number of hydrogen-bond acceptors (Lipinski definition) is 4. The number of thiophene rings is 1. The lowest BCUT2D eigenvalue weighted by atomic mass is 10.1. The summed E-state index contributed by atoms with van der Waals surface area (Å²) in [6, 6.07) is 4.55. The van der Waals surface area contributed by atoms with Crippen LogP contribution in [-0.2, 0) is 4.74 Å². The van der Waals surface area contributed by atoms with Gasteiger partial charge in [0.25, 0.3) is 0 Å². The Labute approximate surface area is 148 Å². The molecule has 2 rings (SSSR count). The van der Waals surface area contributed by atoms with Crippen molar-refractivity contribution in [1.82, 2.24) is 10.2 Å². The number of nitrogens with zero attached hydrogens (tertiary/aromatic N) is 1. The molecule has 23 heavy (non-hydrogen) atoms. The molecule has 1 fully saturated rings. The van der Waals surface area contributed by atoms with Gasteiger partial charge in [0.15, 0.2) is 0 Å². The van der Waals surface area contributed by atoms with Crippen molar-refractivity contribution in [2.45, 2.75) is 64.6 Å². The van der Waals surface area contributed by atoms with Crippen LogP contribution in [-0.4, -0.2) is 35.7 Å². The van der Waals surface area contributed by atoms with Crippen LogP contribution in [0.2, 0.25) is 4.34 Å². The number of halogens is 1. The second-order valence-corrected chi connectivity index (χ2v) is 8.82. The Hall–Kier alpha value is -0.780. The molecule has 130 valence electrons. The van der Waals surface area contributed by atoms with Gasteiger partial charge in [-0.2, -0.15) is 0 Å². The fourth-order valence-electron chi connectivity index (χ4n) is 2.82. The molecule has 0 saturated carbocycles. The molecule has 2 unspecified atom stereocenters. The van der Waals surface area contributed by atoms with Crippen molar-refractivity contribution in [3.63, 3.8) is 0 Å². The molecule has 1 aromatic rings. The quantitative estimate of drug-likeness (QED) is 0.818. The number of likely N-dealkylation sites (tertiary alicyclic amines) is 1. The van der Waals surface area contributed by atoms with Crippen molar-refractivity contribution in [2.75, 3.05) is 13.1 Å². The van der Waals surface area contributed by atoms with Crippen LogP contribution in [0, 0.1) is 0 Å². The van der Waals surface area contributed by atoms with E-state index in [-0.39, 0.29) is 18.2 Å². The zero-order chi connectivity index (χ0) is 17.0. The smallest absolute Gasteiger partial charge is 0.410 e. The molecule has 2 atom stereocenters. The standard InChI is InChI=1S/C17H27ClN2O2S/c1-12(14-7-8-15(18)23-14)19-10-9-13-6-5-11-20(13)16(21)22-17(2,3)4/h7-8,12-13,19H,5-6,9-11H2,1-4H3. The van der Waals surface area contributed by atoms with Gasteiger partial charge in [0, 0.05) is 23.5 Å². The second kappa shape index (κ2) is 7.86. The number of carbonyl (C=O) groups is 1. The van der Waals surface area contributed by atoms with Gasteiger partial charge in [-0.05, 0) is 65.6 Å². The first-order valence-corrected chi connectivity index (χ1v) is 9.44. The Morgan fingerprint density at radius 3 is 2.87 bits per heavy atom. The van der Waals surface area contributed by atoms with Crippen molar-refractivity contribution >= 4 is 29.0 Å². The molecule has 1 aliphatic rings. The van der Waals surface area contributed by atoms with Crippen LogP contribution in [0.15, 0.2) is 12.1 Å². The Kier molecular flexibility index (Phi) is 6.34. The monoisotopic (exact) mass is 358 g/mol. The molecule has 2 heterocycles. The third-order valence-corrected chi connectivity index (χ3v) is 5.37. The van der Waals surface area contributed by atoms with Gasteiger partial charge >= 0.3 is 6.09 Å². The molecule has 0 radical (unpaired) electrons. The molecule has 0 aromatic carbocycles. The maximum atomic E-state index is 12.3. The number of hydrogen-bond donors (Lipinski definition) is 1. The largest absolute Gasteiger partial charge is 0.444 e. The highest BCUT2D eigenvalue weighted by atomic mass is 35.5. The van der Waals surface area contributed by atoms with Crippen LogP contribution in [0.25, 0.3) is 0 Å². The lowest BCUT2D eigenvalue weighted by Crippen LogP contribution is -2.41. The summed E-state index contributed by atoms with van der Waals surface area (Å²) in [6.07, 6.45) is 2.88. The molecule has 1 aromatic heterocycles. The minimum atomic E-state index is -0.435. The van der Waals surface area contributed by atoms with Gasteiger partial charge in [0.2, 0.25) is 0 Å². The number of carbonyl (C=O) groups excluding carboxylic acids is 1. The third-order valence-electron chi connectivity index (χ3n) is 3.95. The lowest BCUT2D eigenvalue weighted by Gasteiger charge is -2.29. The van der Waals surface area contributed by atoms with Crippen LogP contribution in [0.5, 0.6) is 0 Å². The summed E-state index contributed by atoms with van der Waals surface area (Å²) in [5.41, 5.74) is -0.435. The Morgan fingerprint density at radius 2 is 2.26 bits per heavy atom. The Balaban J connectivity index is 1.79. The van der Waals surface area contributed by atoms with Gasteiger partial charge in [-0.3, -0.25) is 0 Å². The van der Waals surface area contributed by atoms with Gasteiger partial charge in [-0.1, -0.05) is 11.6 Å². The predicted octanol–water partition coefficient (Wildman–Crippen LogP) is 4.84. The van der Waals surface area contributed by atoms with E-state index in [1.165, 1.54) is 4.88 Å². The summed E-state index contributed by atoms with van der Waals surface area (Å²) in [6.45, 7) is 9.54. The Morgan fingerprint density at radius 1 is 1.52 bits per heavy atom. The average molecular weight is 359 g/mol. The molecule has 0 bridgehead atoms. The summed E-state index contributed by atoms with van der Waals surface area (Å²) in [5.74, 6) is 0. The molecule has 1 saturated heterocycles. The molecular weight excluding hydrogens is 332 g/mol. The first-order valence-electron chi connectivity index (χ1n) is 8.24. The van der Waals surface area contributed by atoms with Gasteiger partial charge in [0.1, 0.15) is 5.60 Å². The summed E-state index contributed by atoms with van der Waals surface area (Å²) in [5, 5.41) is 3.52. The molecular formula is C17H27ClN2O2S. The van der Waals surface area contributed by atoms with E-state index in [0.717, 1.165) is 36.7 Å². The van der Waals surface area contributed by atoms with Gasteiger partial charge in [-0.25, -0.2) is 4.79 Å². The zero-order valence-corrected chi connectivity index (χ0v) is 16.0. The van der Waals surface area contributed by atoms with Crippen LogP contribution in [0.3, 0.4) is 0 Å². The summed E-state index contributed by atoms with van der Waals surface area (Å²) in [4.78, 5) is 15.4. The van der Waals surface area contributed by atoms with Crippen molar-refractivity contribution in [3.05, 3.63) is 21.3 Å². The summed E-state index contributed by atoms with van der Waals surface area (Å²) in [7, 11) is 0. The topological polar surface area (TPSA) is 41.6 Å². The maximum absolute atomic E-state index is 12.3. The molecule has 1 aliphatic heterocycles. The number of amides is 1. The first-order chi connectivity index (χ1) is 10.8. The van der Waals surface area contributed by atoms with E-state index in [1.54, 1.807) is 11.3 Å². The van der Waals surface area contributed by atoms with Gasteiger partial charge < -0.3 is 15.0 Å². The molecule has 4 nitrogen and oxygen atoms in total.